The van der Waals surface area contributed by atoms with E-state index in [1.165, 1.54) is 17.9 Å². The second kappa shape index (κ2) is 5.29. The van der Waals surface area contributed by atoms with E-state index in [0.717, 1.165) is 13.0 Å². The number of hydrogen-bond acceptors (Lipinski definition) is 5. The van der Waals surface area contributed by atoms with Gasteiger partial charge < -0.3 is 15.2 Å². The fraction of sp³-hybridized carbons (Fsp3) is 0.636. The second-order valence-corrected chi connectivity index (χ2v) is 4.18. The standard InChI is InChI=1S/C11H17N3O3/c1-16-10-2-3-11(15)14(13-10)6-9(12)8-4-5-17-7-8/h2-3,8-9H,4-7,12H2,1H3. The van der Waals surface area contributed by atoms with Gasteiger partial charge in [0.25, 0.3) is 5.56 Å². The van der Waals surface area contributed by atoms with Crippen LogP contribution in [0.2, 0.25) is 0 Å². The lowest BCUT2D eigenvalue weighted by atomic mass is 10.0. The average molecular weight is 239 g/mol. The van der Waals surface area contributed by atoms with Gasteiger partial charge in [-0.3, -0.25) is 4.79 Å². The molecule has 1 fully saturated rings. The summed E-state index contributed by atoms with van der Waals surface area (Å²) < 4.78 is 11.6. The van der Waals surface area contributed by atoms with Crippen molar-refractivity contribution >= 4 is 0 Å². The highest BCUT2D eigenvalue weighted by molar-refractivity contribution is 5.06. The van der Waals surface area contributed by atoms with Crippen molar-refractivity contribution in [3.63, 3.8) is 0 Å². The van der Waals surface area contributed by atoms with Gasteiger partial charge in [0, 0.05) is 30.7 Å². The summed E-state index contributed by atoms with van der Waals surface area (Å²) in [6.45, 7) is 1.81. The molecule has 6 heteroatoms. The molecule has 0 spiro atoms. The summed E-state index contributed by atoms with van der Waals surface area (Å²) in [6.07, 6.45) is 0.944. The van der Waals surface area contributed by atoms with Crippen molar-refractivity contribution in [1.29, 1.82) is 0 Å². The Labute approximate surface area is 99.3 Å². The van der Waals surface area contributed by atoms with Crippen LogP contribution in [-0.2, 0) is 11.3 Å². The first-order valence-electron chi connectivity index (χ1n) is 5.66. The number of hydrogen-bond donors (Lipinski definition) is 1. The first kappa shape index (κ1) is 12.1. The van der Waals surface area contributed by atoms with E-state index >= 15 is 0 Å². The van der Waals surface area contributed by atoms with Crippen LogP contribution in [0.1, 0.15) is 6.42 Å². The van der Waals surface area contributed by atoms with Crippen molar-refractivity contribution in [3.8, 4) is 5.88 Å². The third-order valence-corrected chi connectivity index (χ3v) is 3.01. The highest BCUT2D eigenvalue weighted by Gasteiger charge is 2.23. The number of aromatic nitrogens is 2. The van der Waals surface area contributed by atoms with Crippen molar-refractivity contribution < 1.29 is 9.47 Å². The second-order valence-electron chi connectivity index (χ2n) is 4.18. The van der Waals surface area contributed by atoms with Crippen LogP contribution >= 0.6 is 0 Å². The van der Waals surface area contributed by atoms with E-state index in [4.69, 9.17) is 15.2 Å². The van der Waals surface area contributed by atoms with Gasteiger partial charge in [0.15, 0.2) is 0 Å². The van der Waals surface area contributed by atoms with Gasteiger partial charge in [0.05, 0.1) is 20.3 Å². The molecule has 0 amide bonds. The average Bonchev–Trinajstić information content (AvgIpc) is 2.85. The van der Waals surface area contributed by atoms with Gasteiger partial charge in [-0.25, -0.2) is 4.68 Å². The smallest absolute Gasteiger partial charge is 0.267 e. The third kappa shape index (κ3) is 2.83. The topological polar surface area (TPSA) is 79.4 Å². The summed E-state index contributed by atoms with van der Waals surface area (Å²) >= 11 is 0. The van der Waals surface area contributed by atoms with Gasteiger partial charge in [-0.2, -0.15) is 0 Å². The molecule has 6 nitrogen and oxygen atoms in total. The third-order valence-electron chi connectivity index (χ3n) is 3.01. The van der Waals surface area contributed by atoms with Crippen LogP contribution < -0.4 is 16.0 Å². The summed E-state index contributed by atoms with van der Waals surface area (Å²) in [5.41, 5.74) is 5.88. The largest absolute Gasteiger partial charge is 0.480 e. The molecule has 0 aromatic carbocycles. The number of ether oxygens (including phenoxy) is 2. The van der Waals surface area contributed by atoms with Gasteiger partial charge in [0.2, 0.25) is 5.88 Å². The predicted molar refractivity (Wildman–Crippen MR) is 62.0 cm³/mol. The highest BCUT2D eigenvalue weighted by Crippen LogP contribution is 2.16. The molecule has 1 saturated heterocycles. The Kier molecular flexibility index (Phi) is 3.75. The summed E-state index contributed by atoms with van der Waals surface area (Å²) in [6, 6.07) is 2.86. The molecule has 0 radical (unpaired) electrons. The Bertz CT molecular complexity index is 426. The molecule has 2 atom stereocenters. The van der Waals surface area contributed by atoms with Crippen molar-refractivity contribution in [2.45, 2.75) is 19.0 Å². The van der Waals surface area contributed by atoms with Gasteiger partial charge >= 0.3 is 0 Å². The molecule has 0 bridgehead atoms. The van der Waals surface area contributed by atoms with E-state index in [1.54, 1.807) is 6.07 Å². The van der Waals surface area contributed by atoms with Crippen LogP contribution in [0.5, 0.6) is 5.88 Å². The SMILES string of the molecule is COc1ccc(=O)n(CC(N)C2CCOC2)n1. The van der Waals surface area contributed by atoms with E-state index in [9.17, 15) is 4.79 Å². The van der Waals surface area contributed by atoms with E-state index in [0.29, 0.717) is 24.9 Å². The molecule has 1 aromatic heterocycles. The number of nitrogens with two attached hydrogens (primary N) is 1. The lowest BCUT2D eigenvalue weighted by molar-refractivity contribution is 0.178. The summed E-state index contributed by atoms with van der Waals surface area (Å²) in [5, 5.41) is 4.06. The van der Waals surface area contributed by atoms with Crippen molar-refractivity contribution in [2.24, 2.45) is 11.7 Å². The van der Waals surface area contributed by atoms with Crippen LogP contribution in [-0.4, -0.2) is 36.1 Å². The maximum atomic E-state index is 11.6. The first-order valence-corrected chi connectivity index (χ1v) is 5.66. The highest BCUT2D eigenvalue weighted by atomic mass is 16.5. The molecule has 2 N–H and O–H groups in total. The van der Waals surface area contributed by atoms with E-state index in [2.05, 4.69) is 5.10 Å². The maximum absolute atomic E-state index is 11.6. The van der Waals surface area contributed by atoms with Crippen molar-refractivity contribution in [3.05, 3.63) is 22.5 Å². The monoisotopic (exact) mass is 239 g/mol. The Morgan fingerprint density at radius 3 is 3.18 bits per heavy atom. The fourth-order valence-corrected chi connectivity index (χ4v) is 1.91. The Hall–Kier alpha value is -1.40. The molecular weight excluding hydrogens is 222 g/mol. The molecule has 1 aromatic rings. The molecule has 0 saturated carbocycles. The quantitative estimate of drug-likeness (QED) is 0.774. The zero-order chi connectivity index (χ0) is 12.3. The minimum atomic E-state index is -0.167. The maximum Gasteiger partial charge on any atom is 0.267 e. The molecule has 2 heterocycles. The van der Waals surface area contributed by atoms with Crippen LogP contribution in [0, 0.1) is 5.92 Å². The molecule has 0 aliphatic carbocycles. The minimum absolute atomic E-state index is 0.116. The van der Waals surface area contributed by atoms with Gasteiger partial charge in [-0.15, -0.1) is 5.10 Å². The lowest BCUT2D eigenvalue weighted by Crippen LogP contribution is -2.38. The van der Waals surface area contributed by atoms with Crippen LogP contribution in [0.15, 0.2) is 16.9 Å². The molecule has 2 rings (SSSR count). The summed E-state index contributed by atoms with van der Waals surface area (Å²) in [7, 11) is 1.52. The first-order chi connectivity index (χ1) is 8.20. The van der Waals surface area contributed by atoms with Crippen LogP contribution in [0.3, 0.4) is 0 Å². The number of nitrogens with zero attached hydrogens (tertiary/aromatic N) is 2. The zero-order valence-electron chi connectivity index (χ0n) is 9.83. The van der Waals surface area contributed by atoms with Gasteiger partial charge in [0.1, 0.15) is 0 Å². The Morgan fingerprint density at radius 2 is 2.53 bits per heavy atom. The van der Waals surface area contributed by atoms with Gasteiger partial charge in [-0.1, -0.05) is 0 Å². The number of methoxy groups -OCH3 is 1. The van der Waals surface area contributed by atoms with Crippen LogP contribution in [0.25, 0.3) is 0 Å². The van der Waals surface area contributed by atoms with E-state index in [1.807, 2.05) is 0 Å². The summed E-state index contributed by atoms with van der Waals surface area (Å²) in [5.74, 6) is 0.717. The zero-order valence-corrected chi connectivity index (χ0v) is 9.83. The molecule has 94 valence electrons. The molecular formula is C11H17N3O3. The normalized spacial score (nSPS) is 21.4. The van der Waals surface area contributed by atoms with Crippen molar-refractivity contribution in [2.75, 3.05) is 20.3 Å². The van der Waals surface area contributed by atoms with Crippen LogP contribution in [0.4, 0.5) is 0 Å². The lowest BCUT2D eigenvalue weighted by Gasteiger charge is -2.18. The number of rotatable bonds is 4. The predicted octanol–water partition coefficient (Wildman–Crippen LogP) is -0.384. The summed E-state index contributed by atoms with van der Waals surface area (Å²) in [4.78, 5) is 11.6. The molecule has 17 heavy (non-hydrogen) atoms. The minimum Gasteiger partial charge on any atom is -0.480 e. The van der Waals surface area contributed by atoms with E-state index < -0.39 is 0 Å². The Balaban J connectivity index is 2.08. The fourth-order valence-electron chi connectivity index (χ4n) is 1.91. The molecule has 2 unspecified atom stereocenters. The Morgan fingerprint density at radius 1 is 1.71 bits per heavy atom. The van der Waals surface area contributed by atoms with Gasteiger partial charge in [-0.05, 0) is 6.42 Å². The van der Waals surface area contributed by atoms with E-state index in [-0.39, 0.29) is 11.6 Å². The molecule has 1 aliphatic rings. The van der Waals surface area contributed by atoms with Crippen molar-refractivity contribution in [1.82, 2.24) is 9.78 Å². The molecule has 1 aliphatic heterocycles.